The topological polar surface area (TPSA) is 196 Å². The molecular formula is C13H12Cl2N5NaO9S2. The summed E-state index contributed by atoms with van der Waals surface area (Å²) in [5.41, 5.74) is -0.833. The van der Waals surface area contributed by atoms with Crippen molar-refractivity contribution in [3.63, 3.8) is 0 Å². The third-order valence-electron chi connectivity index (χ3n) is 3.60. The summed E-state index contributed by atoms with van der Waals surface area (Å²) >= 11 is 12.2. The molecule has 1 aliphatic rings. The molecule has 0 unspecified atom stereocenters. The van der Waals surface area contributed by atoms with Gasteiger partial charge in [-0.25, -0.2) is 22.5 Å². The molecule has 1 aliphatic heterocycles. The number of anilines is 1. The summed E-state index contributed by atoms with van der Waals surface area (Å²) < 4.78 is 37.7. The Hall–Kier alpha value is -1.53. The number of nitrogens with zero attached hydrogens (tertiary/aromatic N) is 3. The van der Waals surface area contributed by atoms with E-state index in [9.17, 15) is 32.1 Å². The van der Waals surface area contributed by atoms with Crippen LogP contribution in [0.25, 0.3) is 0 Å². The van der Waals surface area contributed by atoms with Crippen molar-refractivity contribution in [2.45, 2.75) is 12.1 Å². The summed E-state index contributed by atoms with van der Waals surface area (Å²) in [7, 11) is -3.37. The summed E-state index contributed by atoms with van der Waals surface area (Å²) in [6, 6.07) is -3.67. The predicted molar refractivity (Wildman–Crippen MR) is 104 cm³/mol. The first-order chi connectivity index (χ1) is 14.5. The number of hydrogen-bond acceptors (Lipinski definition) is 12. The first-order valence-electron chi connectivity index (χ1n) is 7.77. The van der Waals surface area contributed by atoms with E-state index in [0.717, 1.165) is 25.6 Å². The monoisotopic (exact) mass is 539 g/mol. The Kier molecular flexibility index (Phi) is 10.3. The van der Waals surface area contributed by atoms with Gasteiger partial charge in [0.05, 0.1) is 7.11 Å². The van der Waals surface area contributed by atoms with Gasteiger partial charge in [-0.2, -0.15) is 0 Å². The van der Waals surface area contributed by atoms with Crippen molar-refractivity contribution in [1.29, 1.82) is 0 Å². The molecule has 19 heteroatoms. The van der Waals surface area contributed by atoms with E-state index in [0.29, 0.717) is 0 Å². The van der Waals surface area contributed by atoms with Crippen molar-refractivity contribution in [2.24, 2.45) is 5.16 Å². The second-order valence-electron chi connectivity index (χ2n) is 5.46. The van der Waals surface area contributed by atoms with Crippen molar-refractivity contribution >= 4 is 79.4 Å². The number of aromatic nitrogens is 1. The molecule has 1 aromatic rings. The second-order valence-corrected chi connectivity index (χ2v) is 8.57. The third-order valence-corrected chi connectivity index (χ3v) is 5.90. The Morgan fingerprint density at radius 1 is 1.34 bits per heavy atom. The molecule has 170 valence electrons. The summed E-state index contributed by atoms with van der Waals surface area (Å²) in [6.07, 6.45) is 0. The number of nitrogens with one attached hydrogen (secondary N) is 2. The summed E-state index contributed by atoms with van der Waals surface area (Å²) in [6.45, 7) is 0. The third kappa shape index (κ3) is 6.07. The summed E-state index contributed by atoms with van der Waals surface area (Å²) in [5.74, 6) is -4.75. The normalized spacial score (nSPS) is 18.2. The van der Waals surface area contributed by atoms with Gasteiger partial charge in [0.15, 0.2) is 27.2 Å². The zero-order valence-corrected chi connectivity index (χ0v) is 21.6. The van der Waals surface area contributed by atoms with Crippen LogP contribution in [0.4, 0.5) is 5.13 Å². The smallest absolute Gasteiger partial charge is 0.731 e. The Morgan fingerprint density at radius 3 is 2.47 bits per heavy atom. The Labute approximate surface area is 216 Å². The fraction of sp³-hybridized carbons (Fsp3) is 0.385. The van der Waals surface area contributed by atoms with E-state index >= 15 is 0 Å². The van der Waals surface area contributed by atoms with Gasteiger partial charge in [-0.3, -0.25) is 14.4 Å². The van der Waals surface area contributed by atoms with Crippen LogP contribution in [0.15, 0.2) is 5.16 Å². The molecule has 0 spiro atoms. The first-order valence-corrected chi connectivity index (χ1v) is 10.9. The van der Waals surface area contributed by atoms with Crippen molar-refractivity contribution in [1.82, 2.24) is 14.6 Å². The summed E-state index contributed by atoms with van der Waals surface area (Å²) in [4.78, 5) is 56.4. The minimum Gasteiger partial charge on any atom is -0.731 e. The van der Waals surface area contributed by atoms with Gasteiger partial charge in [0.25, 0.3) is 11.8 Å². The maximum Gasteiger partial charge on any atom is 1.00 e. The first kappa shape index (κ1) is 28.5. The van der Waals surface area contributed by atoms with Gasteiger partial charge in [0.2, 0.25) is 5.91 Å². The molecule has 1 fully saturated rings. The van der Waals surface area contributed by atoms with Crippen molar-refractivity contribution in [3.05, 3.63) is 10.0 Å². The Bertz CT molecular complexity index is 1060. The van der Waals surface area contributed by atoms with Gasteiger partial charge in [-0.15, -0.1) is 11.6 Å². The van der Waals surface area contributed by atoms with Crippen LogP contribution in [-0.4, -0.2) is 83.8 Å². The quantitative estimate of drug-likeness (QED) is 0.0619. The SMILES string of the molecule is CON=C(C(=O)N[C@@H]1C(=O)N(S(=O)(=O)[O-])[C@@H]1C(=O)OC)c1nc(NC(=O)CCl)sc1Cl.[Na+]. The van der Waals surface area contributed by atoms with Gasteiger partial charge < -0.3 is 24.8 Å². The average Bonchev–Trinajstić information content (AvgIpc) is 3.05. The van der Waals surface area contributed by atoms with Crippen molar-refractivity contribution in [3.8, 4) is 0 Å². The molecule has 2 rings (SSSR count). The molecule has 2 N–H and O–H groups in total. The number of amides is 3. The van der Waals surface area contributed by atoms with E-state index in [1.54, 1.807) is 0 Å². The van der Waals surface area contributed by atoms with Crippen LogP contribution < -0.4 is 40.2 Å². The molecule has 0 radical (unpaired) electrons. The van der Waals surface area contributed by atoms with E-state index in [1.165, 1.54) is 0 Å². The van der Waals surface area contributed by atoms with Gasteiger partial charge in [0.1, 0.15) is 29.1 Å². The fourth-order valence-corrected chi connectivity index (χ4v) is 4.30. The molecule has 14 nitrogen and oxygen atoms in total. The molecule has 0 aromatic carbocycles. The predicted octanol–water partition coefficient (Wildman–Crippen LogP) is -4.34. The van der Waals surface area contributed by atoms with E-state index in [-0.39, 0.29) is 54.9 Å². The molecule has 1 saturated heterocycles. The molecule has 0 saturated carbocycles. The van der Waals surface area contributed by atoms with Crippen LogP contribution in [0.3, 0.4) is 0 Å². The van der Waals surface area contributed by atoms with Gasteiger partial charge >= 0.3 is 35.5 Å². The number of esters is 1. The van der Waals surface area contributed by atoms with Crippen LogP contribution in [0.1, 0.15) is 5.69 Å². The standard InChI is InChI=1S/C13H13Cl2N5O9S2.Na/c1-28-12(24)8-7(11(23)20(8)31(25,26)27)17-10(22)6(19-29-2)5-9(15)30-13(18-5)16-4(21)3-14;/h7-8H,3H2,1-2H3,(H,17,22)(H,16,18,21)(H,25,26,27);/q;+1/p-1/t7-,8-;/m0./s1. The molecule has 2 heterocycles. The van der Waals surface area contributed by atoms with Crippen LogP contribution in [0.2, 0.25) is 4.34 Å². The average molecular weight is 540 g/mol. The van der Waals surface area contributed by atoms with Gasteiger partial charge in [-0.1, -0.05) is 28.1 Å². The maximum absolute atomic E-state index is 12.7. The zero-order valence-electron chi connectivity index (χ0n) is 16.5. The van der Waals surface area contributed by atoms with Crippen molar-refractivity contribution in [2.75, 3.05) is 25.4 Å². The number of ether oxygens (including phenoxy) is 1. The van der Waals surface area contributed by atoms with E-state index < -0.39 is 51.8 Å². The number of carbonyl (C=O) groups is 4. The molecule has 0 aliphatic carbocycles. The maximum atomic E-state index is 12.7. The molecule has 0 bridgehead atoms. The van der Waals surface area contributed by atoms with E-state index in [1.807, 2.05) is 0 Å². The minimum atomic E-state index is -5.34. The Morgan fingerprint density at radius 2 is 1.97 bits per heavy atom. The Balaban J connectivity index is 0.00000512. The van der Waals surface area contributed by atoms with E-state index in [4.69, 9.17) is 23.2 Å². The van der Waals surface area contributed by atoms with Crippen LogP contribution in [0.5, 0.6) is 0 Å². The molecule has 3 amide bonds. The fourth-order valence-electron chi connectivity index (χ4n) is 2.35. The van der Waals surface area contributed by atoms with E-state index in [2.05, 4.69) is 30.3 Å². The van der Waals surface area contributed by atoms with Crippen LogP contribution in [-0.2, 0) is 39.1 Å². The van der Waals surface area contributed by atoms with Crippen LogP contribution >= 0.6 is 34.5 Å². The molecule has 2 atom stereocenters. The second kappa shape index (κ2) is 11.6. The molecule has 32 heavy (non-hydrogen) atoms. The van der Waals surface area contributed by atoms with Crippen LogP contribution in [0, 0.1) is 0 Å². The van der Waals surface area contributed by atoms with Gasteiger partial charge in [0, 0.05) is 0 Å². The molecule has 1 aromatic heterocycles. The number of thiazole rings is 1. The van der Waals surface area contributed by atoms with Crippen molar-refractivity contribution < 1.29 is 71.3 Å². The number of hydrogen-bond donors (Lipinski definition) is 2. The number of carbonyl (C=O) groups excluding carboxylic acids is 4. The van der Waals surface area contributed by atoms with Gasteiger partial charge in [-0.05, 0) is 0 Å². The number of rotatable bonds is 8. The molecular weight excluding hydrogens is 528 g/mol. The number of methoxy groups -OCH3 is 1. The number of alkyl halides is 1. The number of β-lactam (4-membered cyclic amide) rings is 1. The zero-order chi connectivity index (χ0) is 23.5. The largest absolute Gasteiger partial charge is 1.00 e. The minimum absolute atomic E-state index is 0. The number of oxime groups is 1. The summed E-state index contributed by atoms with van der Waals surface area (Å²) in [5, 5.41) is 7.81. The number of halogens is 2.